The number of hydrogen-bond acceptors (Lipinski definition) is 2. The van der Waals surface area contributed by atoms with Gasteiger partial charge in [-0.2, -0.15) is 0 Å². The van der Waals surface area contributed by atoms with Crippen molar-refractivity contribution >= 4 is 11.3 Å². The molecule has 56 valence electrons. The third kappa shape index (κ3) is 2.12. The molecule has 0 spiro atoms. The van der Waals surface area contributed by atoms with Crippen molar-refractivity contribution in [1.82, 2.24) is 4.90 Å². The van der Waals surface area contributed by atoms with E-state index in [4.69, 9.17) is 0 Å². The molecule has 0 aliphatic carbocycles. The van der Waals surface area contributed by atoms with Crippen LogP contribution < -0.4 is 0 Å². The summed E-state index contributed by atoms with van der Waals surface area (Å²) in [7, 11) is 2.14. The van der Waals surface area contributed by atoms with Gasteiger partial charge in [0.15, 0.2) is 0 Å². The fraction of sp³-hybridized carbons (Fsp3) is 0.500. The summed E-state index contributed by atoms with van der Waals surface area (Å²) in [6.45, 7) is 4.39. The first-order valence-corrected chi connectivity index (χ1v) is 4.42. The molecule has 0 saturated heterocycles. The van der Waals surface area contributed by atoms with Crippen LogP contribution in [0.25, 0.3) is 0 Å². The van der Waals surface area contributed by atoms with E-state index in [9.17, 15) is 0 Å². The Balaban J connectivity index is 2.40. The molecule has 0 bridgehead atoms. The number of nitrogens with zero attached hydrogens (tertiary/aromatic N) is 1. The maximum Gasteiger partial charge on any atom is 0.0324 e. The first-order chi connectivity index (χ1) is 4.83. The Kier molecular flexibility index (Phi) is 2.90. The molecule has 0 aliphatic heterocycles. The van der Waals surface area contributed by atoms with Crippen LogP contribution in [-0.4, -0.2) is 18.5 Å². The molecule has 0 aromatic carbocycles. The normalized spacial score (nSPS) is 10.7. The molecular weight excluding hydrogens is 142 g/mol. The average Bonchev–Trinajstić information content (AvgIpc) is 2.40. The van der Waals surface area contributed by atoms with Gasteiger partial charge < -0.3 is 4.90 Å². The Labute approximate surface area is 66.3 Å². The second-order valence-electron chi connectivity index (χ2n) is 2.41. The van der Waals surface area contributed by atoms with Crippen LogP contribution in [0.1, 0.15) is 11.8 Å². The lowest BCUT2D eigenvalue weighted by atomic mass is 10.4. The van der Waals surface area contributed by atoms with Gasteiger partial charge in [0, 0.05) is 11.4 Å². The predicted molar refractivity (Wildman–Crippen MR) is 46.3 cm³/mol. The first-order valence-electron chi connectivity index (χ1n) is 3.54. The Morgan fingerprint density at radius 3 is 2.90 bits per heavy atom. The summed E-state index contributed by atoms with van der Waals surface area (Å²) < 4.78 is 0. The van der Waals surface area contributed by atoms with E-state index in [-0.39, 0.29) is 0 Å². The third-order valence-corrected chi connectivity index (χ3v) is 2.41. The fourth-order valence-corrected chi connectivity index (χ4v) is 1.56. The summed E-state index contributed by atoms with van der Waals surface area (Å²) in [5.41, 5.74) is 0. The number of rotatable bonds is 3. The van der Waals surface area contributed by atoms with Crippen molar-refractivity contribution in [1.29, 1.82) is 0 Å². The molecule has 0 N–H and O–H groups in total. The molecule has 0 saturated carbocycles. The maximum atomic E-state index is 2.30. The van der Waals surface area contributed by atoms with Crippen LogP contribution in [-0.2, 0) is 6.54 Å². The number of thiophene rings is 1. The topological polar surface area (TPSA) is 3.24 Å². The molecule has 1 heterocycles. The zero-order valence-corrected chi connectivity index (χ0v) is 7.32. The molecule has 10 heavy (non-hydrogen) atoms. The van der Waals surface area contributed by atoms with E-state index < -0.39 is 0 Å². The van der Waals surface area contributed by atoms with E-state index in [0.717, 1.165) is 13.1 Å². The van der Waals surface area contributed by atoms with Crippen LogP contribution in [0.5, 0.6) is 0 Å². The minimum atomic E-state index is 1.09. The summed E-state index contributed by atoms with van der Waals surface area (Å²) in [4.78, 5) is 3.75. The monoisotopic (exact) mass is 155 g/mol. The van der Waals surface area contributed by atoms with Gasteiger partial charge in [-0.1, -0.05) is 13.0 Å². The highest BCUT2D eigenvalue weighted by Gasteiger charge is 1.96. The van der Waals surface area contributed by atoms with Crippen LogP contribution in [0.15, 0.2) is 17.5 Å². The van der Waals surface area contributed by atoms with Gasteiger partial charge in [0.2, 0.25) is 0 Å². The summed E-state index contributed by atoms with van der Waals surface area (Å²) in [5.74, 6) is 0. The van der Waals surface area contributed by atoms with Crippen LogP contribution in [0.4, 0.5) is 0 Å². The van der Waals surface area contributed by atoms with Gasteiger partial charge in [-0.25, -0.2) is 0 Å². The molecule has 1 rings (SSSR count). The van der Waals surface area contributed by atoms with Crippen molar-refractivity contribution in [2.75, 3.05) is 13.6 Å². The van der Waals surface area contributed by atoms with Gasteiger partial charge in [0.1, 0.15) is 0 Å². The molecule has 0 atom stereocenters. The van der Waals surface area contributed by atoms with Gasteiger partial charge in [-0.3, -0.25) is 0 Å². The zero-order chi connectivity index (χ0) is 7.40. The van der Waals surface area contributed by atoms with Crippen molar-refractivity contribution in [3.63, 3.8) is 0 Å². The van der Waals surface area contributed by atoms with Crippen molar-refractivity contribution in [3.8, 4) is 0 Å². The predicted octanol–water partition coefficient (Wildman–Crippen LogP) is 2.20. The van der Waals surface area contributed by atoms with Crippen LogP contribution in [0, 0.1) is 0 Å². The van der Waals surface area contributed by atoms with Gasteiger partial charge in [0.25, 0.3) is 0 Å². The minimum absolute atomic E-state index is 1.09. The first kappa shape index (κ1) is 7.76. The maximum absolute atomic E-state index is 2.30. The van der Waals surface area contributed by atoms with Crippen molar-refractivity contribution in [2.24, 2.45) is 0 Å². The lowest BCUT2D eigenvalue weighted by molar-refractivity contribution is 0.349. The molecule has 0 unspecified atom stereocenters. The minimum Gasteiger partial charge on any atom is -0.302 e. The Hall–Kier alpha value is -0.340. The molecule has 0 amide bonds. The van der Waals surface area contributed by atoms with Crippen LogP contribution in [0.3, 0.4) is 0 Å². The quantitative estimate of drug-likeness (QED) is 0.647. The molecule has 0 aliphatic rings. The second kappa shape index (κ2) is 3.74. The highest BCUT2D eigenvalue weighted by atomic mass is 32.1. The molecule has 1 aromatic rings. The lowest BCUT2D eigenvalue weighted by Gasteiger charge is -2.11. The van der Waals surface area contributed by atoms with Crippen molar-refractivity contribution in [3.05, 3.63) is 22.4 Å². The fourth-order valence-electron chi connectivity index (χ4n) is 0.780. The zero-order valence-electron chi connectivity index (χ0n) is 6.50. The third-order valence-electron chi connectivity index (χ3n) is 1.55. The van der Waals surface area contributed by atoms with Crippen molar-refractivity contribution in [2.45, 2.75) is 13.5 Å². The van der Waals surface area contributed by atoms with E-state index in [1.165, 1.54) is 4.88 Å². The molecular formula is C8H13NS. The Bertz CT molecular complexity index is 169. The van der Waals surface area contributed by atoms with Crippen molar-refractivity contribution < 1.29 is 0 Å². The molecule has 1 nitrogen and oxygen atoms in total. The molecule has 1 aromatic heterocycles. The summed E-state index contributed by atoms with van der Waals surface area (Å²) in [5, 5.41) is 2.12. The van der Waals surface area contributed by atoms with Crippen LogP contribution >= 0.6 is 11.3 Å². The molecule has 0 radical (unpaired) electrons. The van der Waals surface area contributed by atoms with E-state index >= 15 is 0 Å². The SMILES string of the molecule is CCN(C)Cc1cccs1. The highest BCUT2D eigenvalue weighted by molar-refractivity contribution is 7.09. The Morgan fingerprint density at radius 2 is 2.40 bits per heavy atom. The van der Waals surface area contributed by atoms with E-state index in [2.05, 4.69) is 36.4 Å². The smallest absolute Gasteiger partial charge is 0.0324 e. The van der Waals surface area contributed by atoms with E-state index in [0.29, 0.717) is 0 Å². The highest BCUT2D eigenvalue weighted by Crippen LogP contribution is 2.09. The average molecular weight is 155 g/mol. The van der Waals surface area contributed by atoms with Gasteiger partial charge in [-0.15, -0.1) is 11.3 Å². The van der Waals surface area contributed by atoms with Gasteiger partial charge >= 0.3 is 0 Å². The second-order valence-corrected chi connectivity index (χ2v) is 3.44. The van der Waals surface area contributed by atoms with E-state index in [1.54, 1.807) is 0 Å². The van der Waals surface area contributed by atoms with Gasteiger partial charge in [-0.05, 0) is 25.0 Å². The van der Waals surface area contributed by atoms with E-state index in [1.807, 2.05) is 11.3 Å². The largest absolute Gasteiger partial charge is 0.302 e. The Morgan fingerprint density at radius 1 is 1.60 bits per heavy atom. The number of hydrogen-bond donors (Lipinski definition) is 0. The van der Waals surface area contributed by atoms with Gasteiger partial charge in [0.05, 0.1) is 0 Å². The molecule has 2 heteroatoms. The summed E-state index contributed by atoms with van der Waals surface area (Å²) in [6.07, 6.45) is 0. The lowest BCUT2D eigenvalue weighted by Crippen LogP contribution is -2.15. The standard InChI is InChI=1S/C8H13NS/c1-3-9(2)7-8-5-4-6-10-8/h4-6H,3,7H2,1-2H3. The molecule has 0 fully saturated rings. The summed E-state index contributed by atoms with van der Waals surface area (Å²) >= 11 is 1.82. The van der Waals surface area contributed by atoms with Crippen LogP contribution in [0.2, 0.25) is 0 Å². The summed E-state index contributed by atoms with van der Waals surface area (Å²) in [6, 6.07) is 4.28.